The van der Waals surface area contributed by atoms with Crippen molar-refractivity contribution < 1.29 is 22.3 Å². The summed E-state index contributed by atoms with van der Waals surface area (Å²) in [6.45, 7) is 4.25. The third kappa shape index (κ3) is 5.05. The molecular formula is C26H27Cl2FN6O4S. The monoisotopic (exact) mass is 608 g/mol. The van der Waals surface area contributed by atoms with E-state index in [1.165, 1.54) is 43.1 Å². The molecule has 212 valence electrons. The molecule has 1 aliphatic heterocycles. The highest BCUT2D eigenvalue weighted by atomic mass is 35.5. The third-order valence-electron chi connectivity index (χ3n) is 7.16. The summed E-state index contributed by atoms with van der Waals surface area (Å²) in [5.74, 6) is 0.469. The van der Waals surface area contributed by atoms with Crippen LogP contribution in [0.25, 0.3) is 22.2 Å². The number of hydrogen-bond donors (Lipinski definition) is 1. The zero-order valence-electron chi connectivity index (χ0n) is 22.4. The van der Waals surface area contributed by atoms with Crippen LogP contribution in [0.3, 0.4) is 0 Å². The number of likely N-dealkylation sites (N-methyl/N-ethyl adjacent to an activating group) is 1. The summed E-state index contributed by atoms with van der Waals surface area (Å²) in [5, 5.41) is 8.74. The number of aromatic amines is 1. The van der Waals surface area contributed by atoms with Crippen LogP contribution in [0.1, 0.15) is 25.5 Å². The van der Waals surface area contributed by atoms with E-state index in [1.807, 2.05) is 6.92 Å². The minimum absolute atomic E-state index is 0.147. The van der Waals surface area contributed by atoms with Gasteiger partial charge in [-0.2, -0.15) is 9.40 Å². The number of ether oxygens (including phenoxy) is 2. The number of nitrogens with zero attached hydrogens (tertiary/aromatic N) is 5. The molecule has 5 rings (SSSR count). The van der Waals surface area contributed by atoms with Crippen LogP contribution in [-0.4, -0.2) is 71.9 Å². The molecule has 0 bridgehead atoms. The van der Waals surface area contributed by atoms with E-state index in [0.717, 1.165) is 6.26 Å². The van der Waals surface area contributed by atoms with Gasteiger partial charge in [-0.05, 0) is 26.0 Å². The van der Waals surface area contributed by atoms with Crippen LogP contribution in [0.15, 0.2) is 36.8 Å². The topological polar surface area (TPSA) is 114 Å². The Bertz CT molecular complexity index is 1690. The number of rotatable bonds is 8. The second kappa shape index (κ2) is 10.3. The molecule has 1 fully saturated rings. The fourth-order valence-electron chi connectivity index (χ4n) is 4.87. The number of anilines is 1. The lowest BCUT2D eigenvalue weighted by Crippen LogP contribution is -2.69. The maximum atomic E-state index is 15.3. The van der Waals surface area contributed by atoms with Crippen LogP contribution in [0, 0.1) is 5.82 Å². The Hall–Kier alpha value is -3.19. The number of methoxy groups -OCH3 is 1. The average Bonchev–Trinajstić information content (AvgIpc) is 3.28. The van der Waals surface area contributed by atoms with Crippen molar-refractivity contribution in [3.63, 3.8) is 0 Å². The van der Waals surface area contributed by atoms with E-state index in [4.69, 9.17) is 32.7 Å². The first-order valence-corrected chi connectivity index (χ1v) is 14.8. The molecule has 1 atom stereocenters. The van der Waals surface area contributed by atoms with Gasteiger partial charge in [-0.1, -0.05) is 23.2 Å². The highest BCUT2D eigenvalue weighted by Gasteiger charge is 2.46. The van der Waals surface area contributed by atoms with Crippen molar-refractivity contribution in [1.82, 2.24) is 24.5 Å². The number of halogens is 3. The normalized spacial score (nSPS) is 15.8. The summed E-state index contributed by atoms with van der Waals surface area (Å²) in [6, 6.07) is 4.85. The summed E-state index contributed by atoms with van der Waals surface area (Å²) in [5.41, 5.74) is 1.51. The van der Waals surface area contributed by atoms with Crippen LogP contribution in [0.5, 0.6) is 11.5 Å². The highest BCUT2D eigenvalue weighted by molar-refractivity contribution is 7.88. The van der Waals surface area contributed by atoms with Gasteiger partial charge >= 0.3 is 0 Å². The quantitative estimate of drug-likeness (QED) is 0.294. The number of nitrogens with one attached hydrogen (secondary N) is 1. The molecule has 1 N–H and O–H groups in total. The van der Waals surface area contributed by atoms with E-state index in [9.17, 15) is 8.42 Å². The molecule has 3 aromatic heterocycles. The molecule has 0 unspecified atom stereocenters. The van der Waals surface area contributed by atoms with Gasteiger partial charge in [-0.3, -0.25) is 10.1 Å². The average molecular weight is 610 g/mol. The molecule has 1 aromatic carbocycles. The lowest BCUT2D eigenvalue weighted by Gasteiger charge is -2.52. The molecule has 10 nitrogen and oxygen atoms in total. The van der Waals surface area contributed by atoms with Gasteiger partial charge in [0.05, 0.1) is 34.5 Å². The van der Waals surface area contributed by atoms with Crippen molar-refractivity contribution in [2.75, 3.05) is 38.4 Å². The van der Waals surface area contributed by atoms with Crippen molar-refractivity contribution in [3.05, 3.63) is 58.2 Å². The molecule has 0 amide bonds. The molecule has 0 aliphatic carbocycles. The molecule has 0 spiro atoms. The molecule has 4 heterocycles. The molecule has 0 saturated carbocycles. The standard InChI is InChI=1S/C26H27Cl2FN6O4S/c1-14(23-17(27)10-30-11-18(23)28)39-22-7-16-20(8-21(22)38-4)32-33-24(16)15-6-19(29)25(31-9-15)35-12-26(2,13-35)34(3)40(5,36)37/h6-11,14H,12-13H2,1-5H3,(H,32,33)/t14-/m1/s1. The summed E-state index contributed by atoms with van der Waals surface area (Å²) in [4.78, 5) is 10.0. The number of hydrogen-bond acceptors (Lipinski definition) is 8. The molecule has 1 aliphatic rings. The Morgan fingerprint density at radius 1 is 1.15 bits per heavy atom. The number of sulfonamides is 1. The SMILES string of the molecule is COc1cc2[nH]nc(-c3cnc(N4CC(C)(N(C)S(C)(=O)=O)C4)c(F)c3)c2cc1O[C@H](C)c1c(Cl)cncc1Cl. The summed E-state index contributed by atoms with van der Waals surface area (Å²) >= 11 is 12.6. The first-order chi connectivity index (χ1) is 18.8. The van der Waals surface area contributed by atoms with Gasteiger partial charge in [0.25, 0.3) is 0 Å². The lowest BCUT2D eigenvalue weighted by atomic mass is 9.92. The molecule has 4 aromatic rings. The second-order valence-electron chi connectivity index (χ2n) is 10.0. The number of fused-ring (bicyclic) bond motifs is 1. The highest BCUT2D eigenvalue weighted by Crippen LogP contribution is 2.40. The van der Waals surface area contributed by atoms with Crippen LogP contribution >= 0.6 is 23.2 Å². The Kier molecular flexibility index (Phi) is 7.32. The van der Waals surface area contributed by atoms with Crippen LogP contribution in [0.4, 0.5) is 10.2 Å². The van der Waals surface area contributed by atoms with E-state index in [0.29, 0.717) is 62.4 Å². The predicted octanol–water partition coefficient (Wildman–Crippen LogP) is 5.08. The second-order valence-corrected chi connectivity index (χ2v) is 12.8. The van der Waals surface area contributed by atoms with Gasteiger partial charge in [0.15, 0.2) is 23.1 Å². The Morgan fingerprint density at radius 2 is 1.82 bits per heavy atom. The van der Waals surface area contributed by atoms with Gasteiger partial charge < -0.3 is 14.4 Å². The fourth-order valence-corrected chi connectivity index (χ4v) is 6.46. The van der Waals surface area contributed by atoms with E-state index >= 15 is 4.39 Å². The number of H-pyrrole nitrogens is 1. The van der Waals surface area contributed by atoms with Crippen LogP contribution in [-0.2, 0) is 10.0 Å². The minimum atomic E-state index is -3.39. The maximum Gasteiger partial charge on any atom is 0.211 e. The van der Waals surface area contributed by atoms with Crippen molar-refractivity contribution >= 4 is 49.9 Å². The zero-order valence-corrected chi connectivity index (χ0v) is 24.7. The van der Waals surface area contributed by atoms with E-state index in [-0.39, 0.29) is 5.82 Å². The Balaban J connectivity index is 1.44. The summed E-state index contributed by atoms with van der Waals surface area (Å²) < 4.78 is 52.3. The van der Waals surface area contributed by atoms with Crippen molar-refractivity contribution in [1.29, 1.82) is 0 Å². The minimum Gasteiger partial charge on any atom is -0.493 e. The van der Waals surface area contributed by atoms with Crippen LogP contribution in [0.2, 0.25) is 10.0 Å². The van der Waals surface area contributed by atoms with Gasteiger partial charge in [0, 0.05) is 61.3 Å². The third-order valence-corrected chi connectivity index (χ3v) is 9.20. The number of benzene rings is 1. The van der Waals surface area contributed by atoms with E-state index in [1.54, 1.807) is 24.0 Å². The smallest absolute Gasteiger partial charge is 0.211 e. The van der Waals surface area contributed by atoms with E-state index < -0.39 is 27.5 Å². The Morgan fingerprint density at radius 3 is 2.42 bits per heavy atom. The summed E-state index contributed by atoms with van der Waals surface area (Å²) in [6.07, 6.45) is 5.14. The maximum absolute atomic E-state index is 15.3. The Labute approximate surface area is 241 Å². The van der Waals surface area contributed by atoms with Gasteiger partial charge in [0.2, 0.25) is 10.0 Å². The zero-order chi connectivity index (χ0) is 29.0. The summed E-state index contributed by atoms with van der Waals surface area (Å²) in [7, 11) is -0.338. The number of pyridine rings is 2. The molecule has 14 heteroatoms. The van der Waals surface area contributed by atoms with E-state index in [2.05, 4.69) is 20.2 Å². The first-order valence-electron chi connectivity index (χ1n) is 12.2. The van der Waals surface area contributed by atoms with Crippen LogP contribution < -0.4 is 14.4 Å². The van der Waals surface area contributed by atoms with Crippen molar-refractivity contribution in [2.24, 2.45) is 0 Å². The predicted molar refractivity (Wildman–Crippen MR) is 152 cm³/mol. The van der Waals surface area contributed by atoms with Crippen molar-refractivity contribution in [3.8, 4) is 22.8 Å². The lowest BCUT2D eigenvalue weighted by molar-refractivity contribution is 0.188. The van der Waals surface area contributed by atoms with Gasteiger partial charge in [-0.15, -0.1) is 0 Å². The van der Waals surface area contributed by atoms with Gasteiger partial charge in [0.1, 0.15) is 11.8 Å². The van der Waals surface area contributed by atoms with Crippen molar-refractivity contribution in [2.45, 2.75) is 25.5 Å². The molecule has 1 saturated heterocycles. The number of aromatic nitrogens is 4. The molecular weight excluding hydrogens is 582 g/mol. The molecule has 40 heavy (non-hydrogen) atoms. The fraction of sp³-hybridized carbons (Fsp3) is 0.346. The molecule has 0 radical (unpaired) electrons. The largest absolute Gasteiger partial charge is 0.493 e. The van der Waals surface area contributed by atoms with Gasteiger partial charge in [-0.25, -0.2) is 17.8 Å². The first kappa shape index (κ1) is 28.3.